The molecule has 4 rings (SSSR count). The van der Waals surface area contributed by atoms with E-state index in [1.54, 1.807) is 0 Å². The third-order valence-corrected chi connectivity index (χ3v) is 6.10. The molecule has 0 aromatic heterocycles. The fraction of sp³-hybridized carbons (Fsp3) is 0.500. The van der Waals surface area contributed by atoms with Gasteiger partial charge in [-0.25, -0.2) is 0 Å². The Morgan fingerprint density at radius 3 is 2.81 bits per heavy atom. The molecule has 1 amide bonds. The highest BCUT2D eigenvalue weighted by Crippen LogP contribution is 2.34. The zero-order chi connectivity index (χ0) is 17.9. The van der Waals surface area contributed by atoms with Gasteiger partial charge in [0.15, 0.2) is 0 Å². The van der Waals surface area contributed by atoms with Gasteiger partial charge in [0.1, 0.15) is 6.04 Å². The maximum Gasteiger partial charge on any atom is 0.249 e. The van der Waals surface area contributed by atoms with Crippen LogP contribution in [0.1, 0.15) is 42.9 Å². The summed E-state index contributed by atoms with van der Waals surface area (Å²) in [6.45, 7) is 2.12. The summed E-state index contributed by atoms with van der Waals surface area (Å²) in [5, 5.41) is 6.93. The summed E-state index contributed by atoms with van der Waals surface area (Å²) in [5.74, 6) is 0.708. The third-order valence-electron chi connectivity index (χ3n) is 6.10. The van der Waals surface area contributed by atoms with Crippen molar-refractivity contribution >= 4 is 5.91 Å². The number of nitrogens with one attached hydrogen (secondary N) is 2. The largest absolute Gasteiger partial charge is 0.374 e. The number of hydrogen-bond acceptors (Lipinski definition) is 3. The fourth-order valence-corrected chi connectivity index (χ4v) is 4.58. The molecule has 3 aliphatic rings. The molecule has 2 heterocycles. The highest BCUT2D eigenvalue weighted by molar-refractivity contribution is 5.84. The monoisotopic (exact) mass is 351 g/mol. The summed E-state index contributed by atoms with van der Waals surface area (Å²) in [7, 11) is 1.97. The molecule has 4 heteroatoms. The number of amides is 1. The van der Waals surface area contributed by atoms with Gasteiger partial charge in [-0.1, -0.05) is 36.4 Å². The zero-order valence-corrected chi connectivity index (χ0v) is 15.6. The molecule has 1 aromatic carbocycles. The summed E-state index contributed by atoms with van der Waals surface area (Å²) in [5.41, 5.74) is 3.94. The summed E-state index contributed by atoms with van der Waals surface area (Å²) >= 11 is 0. The summed E-state index contributed by atoms with van der Waals surface area (Å²) in [6.07, 6.45) is 11.8. The lowest BCUT2D eigenvalue weighted by molar-refractivity contribution is -0.133. The van der Waals surface area contributed by atoms with E-state index in [1.807, 2.05) is 18.0 Å². The first-order chi connectivity index (χ1) is 12.7. The van der Waals surface area contributed by atoms with Crippen molar-refractivity contribution < 1.29 is 4.79 Å². The predicted molar refractivity (Wildman–Crippen MR) is 105 cm³/mol. The van der Waals surface area contributed by atoms with Crippen LogP contribution in [-0.4, -0.2) is 37.0 Å². The maximum absolute atomic E-state index is 13.2. The van der Waals surface area contributed by atoms with E-state index in [0.717, 1.165) is 45.2 Å². The van der Waals surface area contributed by atoms with Crippen molar-refractivity contribution in [2.75, 3.05) is 20.1 Å². The van der Waals surface area contributed by atoms with Gasteiger partial charge in [-0.2, -0.15) is 0 Å². The van der Waals surface area contributed by atoms with Gasteiger partial charge >= 0.3 is 0 Å². The smallest absolute Gasteiger partial charge is 0.249 e. The van der Waals surface area contributed by atoms with E-state index in [0.29, 0.717) is 5.92 Å². The Kier molecular flexibility index (Phi) is 5.11. The summed E-state index contributed by atoms with van der Waals surface area (Å²) < 4.78 is 0. The Hall–Kier alpha value is -2.07. The molecule has 2 atom stereocenters. The van der Waals surface area contributed by atoms with Gasteiger partial charge < -0.3 is 15.5 Å². The molecule has 4 nitrogen and oxygen atoms in total. The number of allylic oxidation sites excluding steroid dienone is 3. The van der Waals surface area contributed by atoms with E-state index in [4.69, 9.17) is 0 Å². The molecule has 0 spiro atoms. The van der Waals surface area contributed by atoms with Gasteiger partial charge in [0.25, 0.3) is 0 Å². The number of carbonyl (C=O) groups excluding carboxylic acids is 1. The normalized spacial score (nSPS) is 25.8. The second-order valence-electron chi connectivity index (χ2n) is 7.71. The number of piperidine rings is 1. The van der Waals surface area contributed by atoms with E-state index in [9.17, 15) is 4.79 Å². The lowest BCUT2D eigenvalue weighted by Crippen LogP contribution is -2.47. The van der Waals surface area contributed by atoms with Crippen molar-refractivity contribution in [1.82, 2.24) is 15.5 Å². The molecule has 0 radical (unpaired) electrons. The van der Waals surface area contributed by atoms with Gasteiger partial charge in [0.2, 0.25) is 5.91 Å². The molecule has 1 fully saturated rings. The zero-order valence-electron chi connectivity index (χ0n) is 15.6. The number of fused-ring (bicyclic) bond motifs is 1. The Balaban J connectivity index is 1.46. The number of dihydropyridines is 1. The Morgan fingerprint density at radius 2 is 1.96 bits per heavy atom. The molecule has 2 unspecified atom stereocenters. The first kappa shape index (κ1) is 17.3. The second-order valence-corrected chi connectivity index (χ2v) is 7.71. The van der Waals surface area contributed by atoms with Crippen LogP contribution in [0.4, 0.5) is 0 Å². The van der Waals surface area contributed by atoms with Crippen LogP contribution in [-0.2, 0) is 11.2 Å². The van der Waals surface area contributed by atoms with Gasteiger partial charge in [0.05, 0.1) is 6.04 Å². The van der Waals surface area contributed by atoms with E-state index in [2.05, 4.69) is 47.1 Å². The fourth-order valence-electron chi connectivity index (χ4n) is 4.58. The van der Waals surface area contributed by atoms with Crippen LogP contribution in [0.5, 0.6) is 0 Å². The van der Waals surface area contributed by atoms with Crippen molar-refractivity contribution in [1.29, 1.82) is 0 Å². The predicted octanol–water partition coefficient (Wildman–Crippen LogP) is 2.93. The van der Waals surface area contributed by atoms with Crippen LogP contribution in [0.15, 0.2) is 48.2 Å². The van der Waals surface area contributed by atoms with E-state index in [1.165, 1.54) is 16.8 Å². The standard InChI is InChI=1S/C22H29N3O/c1-25(21-11-4-7-16-6-2-3-8-18(16)21)22(26)20-10-5-9-19(24-20)17-12-14-23-15-13-17/h2-3,5-6,8-10,17,20-21,23-24H,4,7,11-15H2,1H3. The molecule has 1 aromatic rings. The van der Waals surface area contributed by atoms with Crippen LogP contribution in [0.3, 0.4) is 0 Å². The average molecular weight is 351 g/mol. The number of likely N-dealkylation sites (N-methyl/N-ethyl adjacent to an activating group) is 1. The first-order valence-corrected chi connectivity index (χ1v) is 9.94. The van der Waals surface area contributed by atoms with Gasteiger partial charge in [0, 0.05) is 18.7 Å². The van der Waals surface area contributed by atoms with Crippen LogP contribution in [0, 0.1) is 5.92 Å². The average Bonchev–Trinajstić information content (AvgIpc) is 2.73. The third kappa shape index (κ3) is 3.43. The molecule has 1 saturated heterocycles. The van der Waals surface area contributed by atoms with Crippen molar-refractivity contribution in [2.45, 2.75) is 44.2 Å². The number of aryl methyl sites for hydroxylation is 1. The summed E-state index contributed by atoms with van der Waals surface area (Å²) in [6, 6.07) is 8.53. The van der Waals surface area contributed by atoms with Crippen molar-refractivity contribution in [3.63, 3.8) is 0 Å². The SMILES string of the molecule is CN(C(=O)C1C=CC=C(C2CCNCC2)N1)C1CCCc2ccccc21. The molecule has 0 saturated carbocycles. The topological polar surface area (TPSA) is 44.4 Å². The molecule has 2 aliphatic heterocycles. The molecule has 26 heavy (non-hydrogen) atoms. The number of carbonyl (C=O) groups is 1. The van der Waals surface area contributed by atoms with E-state index < -0.39 is 0 Å². The number of hydrogen-bond donors (Lipinski definition) is 2. The lowest BCUT2D eigenvalue weighted by Gasteiger charge is -2.36. The number of rotatable bonds is 3. The van der Waals surface area contributed by atoms with Crippen LogP contribution in [0.25, 0.3) is 0 Å². The van der Waals surface area contributed by atoms with Crippen molar-refractivity contribution in [3.05, 3.63) is 59.3 Å². The lowest BCUT2D eigenvalue weighted by atomic mass is 9.86. The van der Waals surface area contributed by atoms with Gasteiger partial charge in [-0.15, -0.1) is 0 Å². The minimum atomic E-state index is -0.246. The van der Waals surface area contributed by atoms with E-state index in [-0.39, 0.29) is 18.0 Å². The first-order valence-electron chi connectivity index (χ1n) is 9.94. The molecule has 2 N–H and O–H groups in total. The maximum atomic E-state index is 13.2. The Labute approximate surface area is 156 Å². The van der Waals surface area contributed by atoms with Crippen molar-refractivity contribution in [3.8, 4) is 0 Å². The van der Waals surface area contributed by atoms with Crippen LogP contribution >= 0.6 is 0 Å². The number of benzene rings is 1. The second kappa shape index (κ2) is 7.67. The minimum absolute atomic E-state index is 0.169. The van der Waals surface area contributed by atoms with Gasteiger partial charge in [-0.05, 0) is 62.4 Å². The van der Waals surface area contributed by atoms with Crippen LogP contribution < -0.4 is 10.6 Å². The van der Waals surface area contributed by atoms with Crippen LogP contribution in [0.2, 0.25) is 0 Å². The molecule has 1 aliphatic carbocycles. The van der Waals surface area contributed by atoms with Crippen molar-refractivity contribution in [2.24, 2.45) is 5.92 Å². The summed E-state index contributed by atoms with van der Waals surface area (Å²) in [4.78, 5) is 15.2. The minimum Gasteiger partial charge on any atom is -0.374 e. The molecule has 138 valence electrons. The van der Waals surface area contributed by atoms with E-state index >= 15 is 0 Å². The molecular weight excluding hydrogens is 322 g/mol. The Morgan fingerprint density at radius 1 is 1.15 bits per heavy atom. The molecular formula is C22H29N3O. The highest BCUT2D eigenvalue weighted by Gasteiger charge is 2.31. The quantitative estimate of drug-likeness (QED) is 0.880. The van der Waals surface area contributed by atoms with Gasteiger partial charge in [-0.3, -0.25) is 4.79 Å². The Bertz CT molecular complexity index is 718. The number of nitrogens with zero attached hydrogens (tertiary/aromatic N) is 1. The highest BCUT2D eigenvalue weighted by atomic mass is 16.2. The molecule has 0 bridgehead atoms.